The molecular formula is C15H32N2O2. The Hall–Kier alpha value is -0.610. The summed E-state index contributed by atoms with van der Waals surface area (Å²) in [6.45, 7) is 13.8. The molecule has 0 fully saturated rings. The van der Waals surface area contributed by atoms with E-state index in [2.05, 4.69) is 12.2 Å². The average molecular weight is 272 g/mol. The molecular weight excluding hydrogens is 240 g/mol. The lowest BCUT2D eigenvalue weighted by molar-refractivity contribution is -0.229. The number of unbranched alkanes of at least 4 members (excludes halogenated alkanes) is 2. The summed E-state index contributed by atoms with van der Waals surface area (Å²) in [5.41, 5.74) is -0.208. The fraction of sp³-hybridized carbons (Fsp3) is 0.933. The monoisotopic (exact) mass is 272 g/mol. The molecule has 0 aromatic carbocycles. The minimum absolute atomic E-state index is 0.0907. The third kappa shape index (κ3) is 12.2. The Bertz CT molecular complexity index is 247. The molecule has 0 saturated carbocycles. The van der Waals surface area contributed by atoms with E-state index < -0.39 is 0 Å². The van der Waals surface area contributed by atoms with Gasteiger partial charge < -0.3 is 5.32 Å². The van der Waals surface area contributed by atoms with Crippen LogP contribution >= 0.6 is 0 Å². The number of hydrogen-bond acceptors (Lipinski definition) is 3. The highest BCUT2D eigenvalue weighted by molar-refractivity contribution is 5.76. The largest absolute Gasteiger partial charge is 0.354 e. The number of amides is 1. The SMILES string of the molecule is CCCCCN(CCC(=O)NC(C)C)OC(C)(C)C. The lowest BCUT2D eigenvalue weighted by atomic mass is 10.2. The summed E-state index contributed by atoms with van der Waals surface area (Å²) in [5, 5.41) is 4.85. The highest BCUT2D eigenvalue weighted by Crippen LogP contribution is 2.12. The Morgan fingerprint density at radius 1 is 1.21 bits per heavy atom. The van der Waals surface area contributed by atoms with Crippen molar-refractivity contribution in [3.05, 3.63) is 0 Å². The first-order chi connectivity index (χ1) is 8.74. The second-order valence-corrected chi connectivity index (χ2v) is 6.31. The zero-order chi connectivity index (χ0) is 14.9. The Kier molecular flexibility index (Phi) is 9.02. The Morgan fingerprint density at radius 2 is 1.84 bits per heavy atom. The maximum atomic E-state index is 11.7. The van der Waals surface area contributed by atoms with Crippen LogP contribution in [0.25, 0.3) is 0 Å². The van der Waals surface area contributed by atoms with Gasteiger partial charge in [-0.25, -0.2) is 0 Å². The molecule has 0 aliphatic heterocycles. The van der Waals surface area contributed by atoms with Gasteiger partial charge in [-0.2, -0.15) is 5.06 Å². The number of nitrogens with one attached hydrogen (secondary N) is 1. The summed E-state index contributed by atoms with van der Waals surface area (Å²) < 4.78 is 0. The maximum Gasteiger partial charge on any atom is 0.221 e. The first kappa shape index (κ1) is 18.4. The Labute approximate surface area is 118 Å². The van der Waals surface area contributed by atoms with Crippen LogP contribution in [-0.2, 0) is 9.63 Å². The van der Waals surface area contributed by atoms with E-state index >= 15 is 0 Å². The third-order valence-corrected chi connectivity index (χ3v) is 2.45. The number of carbonyl (C=O) groups excluding carboxylic acids is 1. The standard InChI is InChI=1S/C15H32N2O2/c1-7-8-9-11-17(19-15(4,5)6)12-10-14(18)16-13(2)3/h13H,7-12H2,1-6H3,(H,16,18). The summed E-state index contributed by atoms with van der Waals surface area (Å²) in [6, 6.07) is 0.199. The van der Waals surface area contributed by atoms with Crippen molar-refractivity contribution < 1.29 is 9.63 Å². The number of carbonyl (C=O) groups is 1. The molecule has 0 aliphatic rings. The van der Waals surface area contributed by atoms with Crippen LogP contribution in [-0.4, -0.2) is 35.7 Å². The first-order valence-corrected chi connectivity index (χ1v) is 7.48. The highest BCUT2D eigenvalue weighted by atomic mass is 16.7. The second-order valence-electron chi connectivity index (χ2n) is 6.31. The van der Waals surface area contributed by atoms with Crippen LogP contribution in [0.2, 0.25) is 0 Å². The molecule has 4 nitrogen and oxygen atoms in total. The van der Waals surface area contributed by atoms with Gasteiger partial charge >= 0.3 is 0 Å². The summed E-state index contributed by atoms with van der Waals surface area (Å²) in [4.78, 5) is 17.6. The third-order valence-electron chi connectivity index (χ3n) is 2.45. The summed E-state index contributed by atoms with van der Waals surface area (Å²) in [7, 11) is 0. The number of hydroxylamine groups is 2. The van der Waals surface area contributed by atoms with Gasteiger partial charge in [-0.05, 0) is 41.0 Å². The minimum atomic E-state index is -0.208. The van der Waals surface area contributed by atoms with Gasteiger partial charge in [0.1, 0.15) is 0 Å². The number of nitrogens with zero attached hydrogens (tertiary/aromatic N) is 1. The molecule has 0 heterocycles. The van der Waals surface area contributed by atoms with Gasteiger partial charge in [0.25, 0.3) is 0 Å². The van der Waals surface area contributed by atoms with E-state index in [0.29, 0.717) is 13.0 Å². The second kappa shape index (κ2) is 9.32. The lowest BCUT2D eigenvalue weighted by Gasteiger charge is -2.30. The van der Waals surface area contributed by atoms with Crippen LogP contribution in [0.15, 0.2) is 0 Å². The zero-order valence-electron chi connectivity index (χ0n) is 13.6. The van der Waals surface area contributed by atoms with E-state index in [9.17, 15) is 4.79 Å². The van der Waals surface area contributed by atoms with Crippen LogP contribution in [0.4, 0.5) is 0 Å². The van der Waals surface area contributed by atoms with Crippen molar-refractivity contribution in [2.45, 2.75) is 78.9 Å². The summed E-state index contributed by atoms with van der Waals surface area (Å²) in [5.74, 6) is 0.0907. The summed E-state index contributed by atoms with van der Waals surface area (Å²) in [6.07, 6.45) is 3.98. The molecule has 114 valence electrons. The molecule has 0 radical (unpaired) electrons. The average Bonchev–Trinajstić information content (AvgIpc) is 2.23. The van der Waals surface area contributed by atoms with Crippen LogP contribution in [0, 0.1) is 0 Å². The fourth-order valence-corrected chi connectivity index (χ4v) is 1.75. The van der Waals surface area contributed by atoms with E-state index in [4.69, 9.17) is 4.84 Å². The Morgan fingerprint density at radius 3 is 2.32 bits per heavy atom. The topological polar surface area (TPSA) is 41.6 Å². The quantitative estimate of drug-likeness (QED) is 0.518. The van der Waals surface area contributed by atoms with E-state index in [1.807, 2.05) is 39.7 Å². The van der Waals surface area contributed by atoms with Crippen molar-refractivity contribution in [3.8, 4) is 0 Å². The van der Waals surface area contributed by atoms with Crippen LogP contribution < -0.4 is 5.32 Å². The predicted molar refractivity (Wildman–Crippen MR) is 79.8 cm³/mol. The smallest absolute Gasteiger partial charge is 0.221 e. The summed E-state index contributed by atoms with van der Waals surface area (Å²) >= 11 is 0. The van der Waals surface area contributed by atoms with Gasteiger partial charge in [0.05, 0.1) is 5.60 Å². The number of rotatable bonds is 9. The van der Waals surface area contributed by atoms with Gasteiger partial charge in [-0.1, -0.05) is 19.8 Å². The van der Waals surface area contributed by atoms with E-state index in [1.165, 1.54) is 12.8 Å². The van der Waals surface area contributed by atoms with Gasteiger partial charge in [0, 0.05) is 25.6 Å². The number of hydrogen-bond donors (Lipinski definition) is 1. The molecule has 0 rings (SSSR count). The molecule has 0 unspecified atom stereocenters. The maximum absolute atomic E-state index is 11.7. The molecule has 0 atom stereocenters. The van der Waals surface area contributed by atoms with Gasteiger partial charge in [0.2, 0.25) is 5.91 Å². The van der Waals surface area contributed by atoms with E-state index in [-0.39, 0.29) is 17.6 Å². The van der Waals surface area contributed by atoms with Gasteiger partial charge in [0.15, 0.2) is 0 Å². The molecule has 1 amide bonds. The van der Waals surface area contributed by atoms with Crippen LogP contribution in [0.1, 0.15) is 67.2 Å². The van der Waals surface area contributed by atoms with Crippen molar-refractivity contribution in [2.75, 3.05) is 13.1 Å². The van der Waals surface area contributed by atoms with Crippen molar-refractivity contribution in [3.63, 3.8) is 0 Å². The van der Waals surface area contributed by atoms with E-state index in [1.54, 1.807) is 0 Å². The van der Waals surface area contributed by atoms with Crippen molar-refractivity contribution >= 4 is 5.91 Å². The van der Waals surface area contributed by atoms with Crippen LogP contribution in [0.5, 0.6) is 0 Å². The van der Waals surface area contributed by atoms with Crippen molar-refractivity contribution in [1.29, 1.82) is 0 Å². The molecule has 0 aromatic heterocycles. The highest BCUT2D eigenvalue weighted by Gasteiger charge is 2.17. The molecule has 0 aliphatic carbocycles. The van der Waals surface area contributed by atoms with Gasteiger partial charge in [-0.15, -0.1) is 0 Å². The first-order valence-electron chi connectivity index (χ1n) is 7.48. The van der Waals surface area contributed by atoms with Crippen LogP contribution in [0.3, 0.4) is 0 Å². The lowest BCUT2D eigenvalue weighted by Crippen LogP contribution is -2.38. The molecule has 0 spiro atoms. The molecule has 0 bridgehead atoms. The minimum Gasteiger partial charge on any atom is -0.354 e. The Balaban J connectivity index is 4.14. The molecule has 1 N–H and O–H groups in total. The van der Waals surface area contributed by atoms with Crippen molar-refractivity contribution in [1.82, 2.24) is 10.4 Å². The normalized spacial score (nSPS) is 12.2. The fourth-order valence-electron chi connectivity index (χ4n) is 1.75. The molecule has 4 heteroatoms. The van der Waals surface area contributed by atoms with E-state index in [0.717, 1.165) is 13.0 Å². The molecule has 19 heavy (non-hydrogen) atoms. The molecule has 0 saturated heterocycles. The predicted octanol–water partition coefficient (Wildman–Crippen LogP) is 3.12. The van der Waals surface area contributed by atoms with Gasteiger partial charge in [-0.3, -0.25) is 9.63 Å². The van der Waals surface area contributed by atoms with Crippen molar-refractivity contribution in [2.24, 2.45) is 0 Å². The zero-order valence-corrected chi connectivity index (χ0v) is 13.6. The molecule has 0 aromatic rings.